The molecule has 0 spiro atoms. The van der Waals surface area contributed by atoms with E-state index >= 15 is 0 Å². The summed E-state index contributed by atoms with van der Waals surface area (Å²) in [4.78, 5) is 13.3. The third-order valence-corrected chi connectivity index (χ3v) is 2.51. The smallest absolute Gasteiger partial charge is 0.246 e. The Bertz CT molecular complexity index is 195. The first kappa shape index (κ1) is 10.3. The van der Waals surface area contributed by atoms with E-state index in [9.17, 15) is 4.79 Å². The van der Waals surface area contributed by atoms with Crippen molar-refractivity contribution in [1.82, 2.24) is 10.2 Å². The minimum absolute atomic E-state index is 0.120. The van der Waals surface area contributed by atoms with Crippen molar-refractivity contribution in [3.63, 3.8) is 0 Å². The van der Waals surface area contributed by atoms with Gasteiger partial charge in [-0.1, -0.05) is 6.08 Å². The SMILES string of the molecule is C/C=C/C(=O)N(C)C1CCNCC1. The maximum Gasteiger partial charge on any atom is 0.246 e. The molecule has 1 heterocycles. The van der Waals surface area contributed by atoms with Crippen LogP contribution in [0.15, 0.2) is 12.2 Å². The zero-order chi connectivity index (χ0) is 9.68. The molecule has 1 saturated heterocycles. The van der Waals surface area contributed by atoms with Crippen LogP contribution in [0, 0.1) is 0 Å². The van der Waals surface area contributed by atoms with Crippen molar-refractivity contribution < 1.29 is 4.79 Å². The molecule has 0 aromatic carbocycles. The highest BCUT2D eigenvalue weighted by molar-refractivity contribution is 5.87. The van der Waals surface area contributed by atoms with Crippen LogP contribution in [-0.2, 0) is 4.79 Å². The molecule has 74 valence electrons. The molecule has 0 aliphatic carbocycles. The average molecular weight is 182 g/mol. The number of carbonyl (C=O) groups is 1. The summed E-state index contributed by atoms with van der Waals surface area (Å²) in [7, 11) is 1.89. The van der Waals surface area contributed by atoms with Crippen LogP contribution in [-0.4, -0.2) is 37.0 Å². The predicted molar refractivity (Wildman–Crippen MR) is 53.5 cm³/mol. The summed E-state index contributed by atoms with van der Waals surface area (Å²) >= 11 is 0. The number of piperidine rings is 1. The Labute approximate surface area is 79.8 Å². The van der Waals surface area contributed by atoms with E-state index in [1.165, 1.54) is 0 Å². The van der Waals surface area contributed by atoms with Crippen LogP contribution in [0.3, 0.4) is 0 Å². The molecule has 13 heavy (non-hydrogen) atoms. The van der Waals surface area contributed by atoms with Gasteiger partial charge in [-0.05, 0) is 38.9 Å². The fourth-order valence-corrected chi connectivity index (χ4v) is 1.63. The number of nitrogens with zero attached hydrogens (tertiary/aromatic N) is 1. The third kappa shape index (κ3) is 2.84. The number of amides is 1. The van der Waals surface area contributed by atoms with Crippen molar-refractivity contribution in [3.8, 4) is 0 Å². The summed E-state index contributed by atoms with van der Waals surface area (Å²) in [6, 6.07) is 0.421. The highest BCUT2D eigenvalue weighted by Crippen LogP contribution is 2.09. The zero-order valence-corrected chi connectivity index (χ0v) is 8.42. The Morgan fingerprint density at radius 1 is 1.46 bits per heavy atom. The predicted octanol–water partition coefficient (Wildman–Crippen LogP) is 0.773. The van der Waals surface area contributed by atoms with E-state index in [0.717, 1.165) is 25.9 Å². The van der Waals surface area contributed by atoms with Gasteiger partial charge in [0.25, 0.3) is 0 Å². The van der Waals surface area contributed by atoms with E-state index in [0.29, 0.717) is 6.04 Å². The minimum Gasteiger partial charge on any atom is -0.339 e. The second kappa shape index (κ2) is 5.02. The van der Waals surface area contributed by atoms with Crippen LogP contribution < -0.4 is 5.32 Å². The van der Waals surface area contributed by atoms with Gasteiger partial charge in [-0.25, -0.2) is 0 Å². The number of hydrogen-bond donors (Lipinski definition) is 1. The fraction of sp³-hybridized carbons (Fsp3) is 0.700. The molecule has 0 bridgehead atoms. The lowest BCUT2D eigenvalue weighted by Gasteiger charge is -2.30. The molecular weight excluding hydrogens is 164 g/mol. The molecule has 0 saturated carbocycles. The molecule has 0 atom stereocenters. The molecule has 0 aromatic heterocycles. The van der Waals surface area contributed by atoms with Gasteiger partial charge in [0, 0.05) is 13.1 Å². The molecule has 1 fully saturated rings. The van der Waals surface area contributed by atoms with Gasteiger partial charge < -0.3 is 10.2 Å². The molecule has 1 aliphatic heterocycles. The first-order chi connectivity index (χ1) is 6.25. The Morgan fingerprint density at radius 3 is 2.62 bits per heavy atom. The maximum atomic E-state index is 11.5. The fourth-order valence-electron chi connectivity index (χ4n) is 1.63. The Morgan fingerprint density at radius 2 is 2.08 bits per heavy atom. The van der Waals surface area contributed by atoms with Crippen LogP contribution in [0.4, 0.5) is 0 Å². The van der Waals surface area contributed by atoms with Gasteiger partial charge in [0.05, 0.1) is 0 Å². The highest BCUT2D eigenvalue weighted by Gasteiger charge is 2.19. The summed E-state index contributed by atoms with van der Waals surface area (Å²) in [6.07, 6.45) is 5.56. The van der Waals surface area contributed by atoms with E-state index < -0.39 is 0 Å². The van der Waals surface area contributed by atoms with Crippen LogP contribution >= 0.6 is 0 Å². The number of allylic oxidation sites excluding steroid dienone is 1. The monoisotopic (exact) mass is 182 g/mol. The normalized spacial score (nSPS) is 19.2. The lowest BCUT2D eigenvalue weighted by molar-refractivity contribution is -0.127. The molecule has 1 N–H and O–H groups in total. The van der Waals surface area contributed by atoms with Crippen molar-refractivity contribution in [2.24, 2.45) is 0 Å². The number of nitrogens with one attached hydrogen (secondary N) is 1. The standard InChI is InChI=1S/C10H18N2O/c1-3-4-10(13)12(2)9-5-7-11-8-6-9/h3-4,9,11H,5-8H2,1-2H3/b4-3+. The van der Waals surface area contributed by atoms with Crippen molar-refractivity contribution in [1.29, 1.82) is 0 Å². The number of carbonyl (C=O) groups excluding carboxylic acids is 1. The molecule has 0 radical (unpaired) electrons. The largest absolute Gasteiger partial charge is 0.339 e. The Kier molecular flexibility index (Phi) is 3.96. The molecule has 1 rings (SSSR count). The number of rotatable bonds is 2. The van der Waals surface area contributed by atoms with Crippen molar-refractivity contribution in [2.45, 2.75) is 25.8 Å². The second-order valence-electron chi connectivity index (χ2n) is 3.43. The minimum atomic E-state index is 0.120. The van der Waals surface area contributed by atoms with Gasteiger partial charge >= 0.3 is 0 Å². The van der Waals surface area contributed by atoms with E-state index in [4.69, 9.17) is 0 Å². The first-order valence-corrected chi connectivity index (χ1v) is 4.86. The highest BCUT2D eigenvalue weighted by atomic mass is 16.2. The second-order valence-corrected chi connectivity index (χ2v) is 3.43. The van der Waals surface area contributed by atoms with Gasteiger partial charge in [0.2, 0.25) is 5.91 Å². The van der Waals surface area contributed by atoms with Crippen molar-refractivity contribution in [2.75, 3.05) is 20.1 Å². The van der Waals surface area contributed by atoms with Gasteiger partial charge in [-0.2, -0.15) is 0 Å². The lowest BCUT2D eigenvalue weighted by Crippen LogP contribution is -2.43. The van der Waals surface area contributed by atoms with E-state index in [1.54, 1.807) is 12.2 Å². The summed E-state index contributed by atoms with van der Waals surface area (Å²) in [5, 5.41) is 3.28. The number of likely N-dealkylation sites (N-methyl/N-ethyl adjacent to an activating group) is 1. The van der Waals surface area contributed by atoms with Gasteiger partial charge in [-0.3, -0.25) is 4.79 Å². The quantitative estimate of drug-likeness (QED) is 0.640. The lowest BCUT2D eigenvalue weighted by atomic mass is 10.1. The zero-order valence-electron chi connectivity index (χ0n) is 8.42. The third-order valence-electron chi connectivity index (χ3n) is 2.51. The molecule has 0 unspecified atom stereocenters. The van der Waals surface area contributed by atoms with E-state index in [1.807, 2.05) is 18.9 Å². The first-order valence-electron chi connectivity index (χ1n) is 4.86. The summed E-state index contributed by atoms with van der Waals surface area (Å²) < 4.78 is 0. The average Bonchev–Trinajstić information content (AvgIpc) is 2.18. The number of hydrogen-bond acceptors (Lipinski definition) is 2. The summed E-state index contributed by atoms with van der Waals surface area (Å²) in [6.45, 7) is 3.92. The van der Waals surface area contributed by atoms with Crippen LogP contribution in [0.1, 0.15) is 19.8 Å². The van der Waals surface area contributed by atoms with Gasteiger partial charge in [0.1, 0.15) is 0 Å². The maximum absolute atomic E-state index is 11.5. The Hall–Kier alpha value is -0.830. The molecular formula is C10H18N2O. The molecule has 0 aromatic rings. The van der Waals surface area contributed by atoms with Crippen LogP contribution in [0.2, 0.25) is 0 Å². The summed E-state index contributed by atoms with van der Waals surface area (Å²) in [5.41, 5.74) is 0. The van der Waals surface area contributed by atoms with Crippen LogP contribution in [0.25, 0.3) is 0 Å². The van der Waals surface area contributed by atoms with Crippen molar-refractivity contribution >= 4 is 5.91 Å². The molecule has 1 amide bonds. The van der Waals surface area contributed by atoms with E-state index in [2.05, 4.69) is 5.32 Å². The molecule has 1 aliphatic rings. The van der Waals surface area contributed by atoms with Crippen molar-refractivity contribution in [3.05, 3.63) is 12.2 Å². The summed E-state index contributed by atoms with van der Waals surface area (Å²) in [5.74, 6) is 0.120. The van der Waals surface area contributed by atoms with Gasteiger partial charge in [0.15, 0.2) is 0 Å². The van der Waals surface area contributed by atoms with Gasteiger partial charge in [-0.15, -0.1) is 0 Å². The topological polar surface area (TPSA) is 32.3 Å². The molecule has 3 nitrogen and oxygen atoms in total. The van der Waals surface area contributed by atoms with E-state index in [-0.39, 0.29) is 5.91 Å². The molecule has 3 heteroatoms. The Balaban J connectivity index is 2.44. The van der Waals surface area contributed by atoms with Crippen LogP contribution in [0.5, 0.6) is 0 Å².